The molecule has 1 aromatic heterocycles. The summed E-state index contributed by atoms with van der Waals surface area (Å²) in [5, 5.41) is 12.2. The largest absolute Gasteiger partial charge is 0.497 e. The third-order valence-electron chi connectivity index (χ3n) is 4.61. The van der Waals surface area contributed by atoms with Gasteiger partial charge >= 0.3 is 0 Å². The minimum Gasteiger partial charge on any atom is -0.497 e. The van der Waals surface area contributed by atoms with E-state index >= 15 is 0 Å². The van der Waals surface area contributed by atoms with Crippen LogP contribution in [0.5, 0.6) is 5.75 Å². The van der Waals surface area contributed by atoms with E-state index in [0.717, 1.165) is 20.9 Å². The van der Waals surface area contributed by atoms with Gasteiger partial charge in [0.1, 0.15) is 10.8 Å². The lowest BCUT2D eigenvalue weighted by molar-refractivity contribution is -0.117. The third kappa shape index (κ3) is 4.30. The first kappa shape index (κ1) is 19.5. The summed E-state index contributed by atoms with van der Waals surface area (Å²) in [5.41, 5.74) is 1.35. The SMILES string of the molecule is COc1ccc(N2C[C@@H](c3nnc(NC(=O)c4cccc(Br)c4)s3)CC2=O)cc1. The third-order valence-corrected chi connectivity index (χ3v) is 6.10. The van der Waals surface area contributed by atoms with Gasteiger partial charge in [-0.3, -0.25) is 14.9 Å². The molecule has 0 radical (unpaired) electrons. The van der Waals surface area contributed by atoms with Crippen LogP contribution in [0.1, 0.15) is 27.7 Å². The van der Waals surface area contributed by atoms with Gasteiger partial charge in [0.15, 0.2) is 0 Å². The van der Waals surface area contributed by atoms with Crippen LogP contribution in [0.25, 0.3) is 0 Å². The Morgan fingerprint density at radius 2 is 2.03 bits per heavy atom. The van der Waals surface area contributed by atoms with E-state index in [4.69, 9.17) is 4.74 Å². The number of carbonyl (C=O) groups excluding carboxylic acids is 2. The maximum atomic E-state index is 12.5. The molecule has 0 unspecified atom stereocenters. The van der Waals surface area contributed by atoms with Crippen LogP contribution in [0, 0.1) is 0 Å². The fourth-order valence-corrected chi connectivity index (χ4v) is 4.36. The van der Waals surface area contributed by atoms with Crippen molar-refractivity contribution in [1.29, 1.82) is 0 Å². The fourth-order valence-electron chi connectivity index (χ4n) is 3.13. The lowest BCUT2D eigenvalue weighted by atomic mass is 10.1. The van der Waals surface area contributed by atoms with Crippen LogP contribution in [0.2, 0.25) is 0 Å². The minimum atomic E-state index is -0.253. The Bertz CT molecular complexity index is 1050. The number of ether oxygens (including phenoxy) is 1. The molecule has 0 bridgehead atoms. The summed E-state index contributed by atoms with van der Waals surface area (Å²) in [7, 11) is 1.61. The highest BCUT2D eigenvalue weighted by atomic mass is 79.9. The molecule has 2 amide bonds. The molecule has 1 atom stereocenters. The zero-order valence-electron chi connectivity index (χ0n) is 15.5. The van der Waals surface area contributed by atoms with E-state index in [9.17, 15) is 9.59 Å². The number of carbonyl (C=O) groups is 2. The maximum Gasteiger partial charge on any atom is 0.257 e. The van der Waals surface area contributed by atoms with Crippen molar-refractivity contribution in [1.82, 2.24) is 10.2 Å². The van der Waals surface area contributed by atoms with E-state index in [1.54, 1.807) is 30.2 Å². The van der Waals surface area contributed by atoms with Gasteiger partial charge in [0, 0.05) is 34.6 Å². The minimum absolute atomic E-state index is 0.0371. The molecular weight excluding hydrogens is 456 g/mol. The summed E-state index contributed by atoms with van der Waals surface area (Å²) in [6, 6.07) is 14.5. The molecule has 29 heavy (non-hydrogen) atoms. The van der Waals surface area contributed by atoms with Crippen molar-refractivity contribution in [3.8, 4) is 5.75 Å². The number of amides is 2. The standard InChI is InChI=1S/C20H17BrN4O3S/c1-28-16-7-5-15(6-8-16)25-11-13(10-17(25)26)19-23-24-20(29-19)22-18(27)12-3-2-4-14(21)9-12/h2-9,13H,10-11H2,1H3,(H,22,24,27)/t13-/m0/s1. The average molecular weight is 473 g/mol. The lowest BCUT2D eigenvalue weighted by Crippen LogP contribution is -2.24. The Morgan fingerprint density at radius 1 is 1.24 bits per heavy atom. The highest BCUT2D eigenvalue weighted by molar-refractivity contribution is 9.10. The Labute approximate surface area is 179 Å². The number of nitrogens with one attached hydrogen (secondary N) is 1. The molecule has 4 rings (SSSR count). The summed E-state index contributed by atoms with van der Waals surface area (Å²) in [6.07, 6.45) is 0.361. The average Bonchev–Trinajstić information content (AvgIpc) is 3.34. The van der Waals surface area contributed by atoms with Crippen LogP contribution in [-0.2, 0) is 4.79 Å². The molecule has 148 valence electrons. The van der Waals surface area contributed by atoms with Gasteiger partial charge in [-0.15, -0.1) is 10.2 Å². The molecule has 1 aliphatic heterocycles. The molecule has 0 saturated carbocycles. The van der Waals surface area contributed by atoms with E-state index < -0.39 is 0 Å². The van der Waals surface area contributed by atoms with Crippen molar-refractivity contribution in [2.24, 2.45) is 0 Å². The highest BCUT2D eigenvalue weighted by Gasteiger charge is 2.34. The molecular formula is C20H17BrN4O3S. The van der Waals surface area contributed by atoms with Crippen LogP contribution in [-0.4, -0.2) is 35.7 Å². The molecule has 1 fully saturated rings. The van der Waals surface area contributed by atoms with Crippen molar-refractivity contribution in [2.45, 2.75) is 12.3 Å². The Hall–Kier alpha value is -2.78. The van der Waals surface area contributed by atoms with Crippen molar-refractivity contribution >= 4 is 49.9 Å². The molecule has 0 spiro atoms. The maximum absolute atomic E-state index is 12.5. The molecule has 0 aliphatic carbocycles. The number of methoxy groups -OCH3 is 1. The van der Waals surface area contributed by atoms with Gasteiger partial charge in [0.05, 0.1) is 7.11 Å². The summed E-state index contributed by atoms with van der Waals surface area (Å²) >= 11 is 4.65. The molecule has 1 N–H and O–H groups in total. The Morgan fingerprint density at radius 3 is 2.76 bits per heavy atom. The summed E-state index contributed by atoms with van der Waals surface area (Å²) < 4.78 is 5.99. The van der Waals surface area contributed by atoms with Gasteiger partial charge in [-0.05, 0) is 42.5 Å². The van der Waals surface area contributed by atoms with Crippen molar-refractivity contribution < 1.29 is 14.3 Å². The molecule has 2 aromatic carbocycles. The normalized spacial score (nSPS) is 16.1. The number of nitrogens with zero attached hydrogens (tertiary/aromatic N) is 3. The quantitative estimate of drug-likeness (QED) is 0.604. The second-order valence-corrected chi connectivity index (χ2v) is 8.44. The first-order chi connectivity index (χ1) is 14.0. The van der Waals surface area contributed by atoms with Crippen LogP contribution in [0.4, 0.5) is 10.8 Å². The van der Waals surface area contributed by atoms with E-state index in [1.165, 1.54) is 11.3 Å². The zero-order valence-corrected chi connectivity index (χ0v) is 17.9. The Kier molecular flexibility index (Phi) is 5.59. The molecule has 7 nitrogen and oxygen atoms in total. The number of halogens is 1. The summed E-state index contributed by atoms with van der Waals surface area (Å²) in [6.45, 7) is 0.527. The van der Waals surface area contributed by atoms with E-state index in [2.05, 4.69) is 31.4 Å². The molecule has 1 aliphatic rings. The second-order valence-electron chi connectivity index (χ2n) is 6.51. The Balaban J connectivity index is 1.44. The van der Waals surface area contributed by atoms with Gasteiger partial charge in [0.25, 0.3) is 5.91 Å². The van der Waals surface area contributed by atoms with Crippen molar-refractivity contribution in [3.63, 3.8) is 0 Å². The fraction of sp³-hybridized carbons (Fsp3) is 0.200. The number of benzene rings is 2. The highest BCUT2D eigenvalue weighted by Crippen LogP contribution is 2.34. The summed E-state index contributed by atoms with van der Waals surface area (Å²) in [4.78, 5) is 26.6. The number of aromatic nitrogens is 2. The molecule has 3 aromatic rings. The number of rotatable bonds is 5. The topological polar surface area (TPSA) is 84.4 Å². The molecule has 9 heteroatoms. The van der Waals surface area contributed by atoms with Crippen LogP contribution in [0.15, 0.2) is 53.0 Å². The summed E-state index contributed by atoms with van der Waals surface area (Å²) in [5.74, 6) is 0.469. The van der Waals surface area contributed by atoms with Crippen LogP contribution in [0.3, 0.4) is 0 Å². The van der Waals surface area contributed by atoms with Gasteiger partial charge in [-0.2, -0.15) is 0 Å². The van der Waals surface area contributed by atoms with Crippen LogP contribution >= 0.6 is 27.3 Å². The van der Waals surface area contributed by atoms with E-state index in [-0.39, 0.29) is 17.7 Å². The lowest BCUT2D eigenvalue weighted by Gasteiger charge is -2.16. The van der Waals surface area contributed by atoms with Gasteiger partial charge in [0.2, 0.25) is 11.0 Å². The number of hydrogen-bond donors (Lipinski definition) is 1. The number of anilines is 2. The van der Waals surface area contributed by atoms with Crippen LogP contribution < -0.4 is 15.0 Å². The van der Waals surface area contributed by atoms with Gasteiger partial charge in [-0.25, -0.2) is 0 Å². The predicted molar refractivity (Wildman–Crippen MR) is 115 cm³/mol. The smallest absolute Gasteiger partial charge is 0.257 e. The monoisotopic (exact) mass is 472 g/mol. The van der Waals surface area contributed by atoms with Gasteiger partial charge in [-0.1, -0.05) is 33.3 Å². The van der Waals surface area contributed by atoms with E-state index in [0.29, 0.717) is 23.7 Å². The molecule has 2 heterocycles. The van der Waals surface area contributed by atoms with E-state index in [1.807, 2.05) is 30.3 Å². The number of hydrogen-bond acceptors (Lipinski definition) is 6. The zero-order chi connectivity index (χ0) is 20.4. The van der Waals surface area contributed by atoms with Crippen molar-refractivity contribution in [3.05, 3.63) is 63.6 Å². The predicted octanol–water partition coefficient (Wildman–Crippen LogP) is 4.08. The first-order valence-corrected chi connectivity index (χ1v) is 10.5. The van der Waals surface area contributed by atoms with Crippen molar-refractivity contribution in [2.75, 3.05) is 23.9 Å². The first-order valence-electron chi connectivity index (χ1n) is 8.88. The van der Waals surface area contributed by atoms with Gasteiger partial charge < -0.3 is 9.64 Å². The second kappa shape index (κ2) is 8.30. The molecule has 1 saturated heterocycles.